The minimum Gasteiger partial charge on any atom is -0.366 e. The lowest BCUT2D eigenvalue weighted by Crippen LogP contribution is -2.43. The molecule has 1 heterocycles. The van der Waals surface area contributed by atoms with Crippen LogP contribution in [0.25, 0.3) is 0 Å². The summed E-state index contributed by atoms with van der Waals surface area (Å²) in [7, 11) is 0. The highest BCUT2D eigenvalue weighted by molar-refractivity contribution is 6.33. The lowest BCUT2D eigenvalue weighted by atomic mass is 10.1. The minimum absolute atomic E-state index is 0.120. The molecule has 1 unspecified atom stereocenters. The van der Waals surface area contributed by atoms with Crippen molar-refractivity contribution in [3.8, 4) is 0 Å². The van der Waals surface area contributed by atoms with Crippen LogP contribution in [0.15, 0.2) is 18.2 Å². The van der Waals surface area contributed by atoms with E-state index < -0.39 is 0 Å². The van der Waals surface area contributed by atoms with Crippen LogP contribution < -0.4 is 10.6 Å². The van der Waals surface area contributed by atoms with Gasteiger partial charge >= 0.3 is 0 Å². The smallest absolute Gasteiger partial charge is 0.148 e. The average molecular weight is 229 g/mol. The fourth-order valence-electron chi connectivity index (χ4n) is 2.00. The van der Waals surface area contributed by atoms with Crippen molar-refractivity contribution >= 4 is 17.3 Å². The number of rotatable bonds is 1. The van der Waals surface area contributed by atoms with Gasteiger partial charge in [0.2, 0.25) is 0 Å². The first kappa shape index (κ1) is 10.7. The number of benzene rings is 1. The molecule has 0 radical (unpaired) electrons. The Bertz CT molecular complexity index is 336. The van der Waals surface area contributed by atoms with E-state index in [9.17, 15) is 4.39 Å². The van der Waals surface area contributed by atoms with Gasteiger partial charge in [0.15, 0.2) is 0 Å². The van der Waals surface area contributed by atoms with E-state index in [4.69, 9.17) is 17.3 Å². The Morgan fingerprint density at radius 2 is 2.27 bits per heavy atom. The van der Waals surface area contributed by atoms with Gasteiger partial charge in [-0.05, 0) is 25.0 Å². The molecule has 0 aromatic heterocycles. The van der Waals surface area contributed by atoms with Crippen LogP contribution in [0.4, 0.5) is 10.1 Å². The topological polar surface area (TPSA) is 29.3 Å². The van der Waals surface area contributed by atoms with E-state index in [1.807, 2.05) is 4.90 Å². The van der Waals surface area contributed by atoms with E-state index in [-0.39, 0.29) is 11.9 Å². The molecule has 0 aliphatic carbocycles. The van der Waals surface area contributed by atoms with Gasteiger partial charge in [-0.1, -0.05) is 17.7 Å². The highest BCUT2D eigenvalue weighted by Gasteiger charge is 2.21. The zero-order valence-corrected chi connectivity index (χ0v) is 9.17. The molecule has 1 aromatic carbocycles. The maximum atomic E-state index is 13.6. The second kappa shape index (κ2) is 4.37. The molecule has 0 saturated carbocycles. The Morgan fingerprint density at radius 3 is 2.93 bits per heavy atom. The molecule has 0 spiro atoms. The monoisotopic (exact) mass is 228 g/mol. The number of para-hydroxylation sites is 1. The van der Waals surface area contributed by atoms with Crippen LogP contribution in [-0.4, -0.2) is 19.1 Å². The average Bonchev–Trinajstić information content (AvgIpc) is 2.17. The van der Waals surface area contributed by atoms with Crippen molar-refractivity contribution < 1.29 is 4.39 Å². The van der Waals surface area contributed by atoms with Gasteiger partial charge < -0.3 is 10.6 Å². The second-order valence-electron chi connectivity index (χ2n) is 3.92. The third kappa shape index (κ3) is 2.24. The number of nitrogens with two attached hydrogens (primary N) is 1. The summed E-state index contributed by atoms with van der Waals surface area (Å²) in [5, 5.41) is 0.462. The zero-order valence-electron chi connectivity index (χ0n) is 8.42. The van der Waals surface area contributed by atoms with Gasteiger partial charge in [0.25, 0.3) is 0 Å². The van der Waals surface area contributed by atoms with Crippen molar-refractivity contribution in [2.45, 2.75) is 18.9 Å². The third-order valence-corrected chi connectivity index (χ3v) is 3.02. The molecule has 2 N–H and O–H groups in total. The lowest BCUT2D eigenvalue weighted by molar-refractivity contribution is 0.498. The lowest BCUT2D eigenvalue weighted by Gasteiger charge is -2.33. The molecule has 82 valence electrons. The molecule has 0 amide bonds. The second-order valence-corrected chi connectivity index (χ2v) is 4.33. The molecule has 1 aliphatic heterocycles. The van der Waals surface area contributed by atoms with Gasteiger partial charge in [0.1, 0.15) is 5.82 Å². The summed E-state index contributed by atoms with van der Waals surface area (Å²) in [6.45, 7) is 1.51. The summed E-state index contributed by atoms with van der Waals surface area (Å²) in [6, 6.07) is 4.88. The molecule has 2 nitrogen and oxygen atoms in total. The quantitative estimate of drug-likeness (QED) is 0.800. The van der Waals surface area contributed by atoms with Gasteiger partial charge in [-0.25, -0.2) is 4.39 Å². The normalized spacial score (nSPS) is 21.8. The third-order valence-electron chi connectivity index (χ3n) is 2.71. The van der Waals surface area contributed by atoms with Gasteiger partial charge in [-0.3, -0.25) is 0 Å². The standard InChI is InChI=1S/C11H14ClFN2/c12-9-4-1-5-10(13)11(9)15-6-2-3-8(14)7-15/h1,4-5,8H,2-3,6-7,14H2. The van der Waals surface area contributed by atoms with Crippen LogP contribution in [0, 0.1) is 5.82 Å². The van der Waals surface area contributed by atoms with Crippen molar-refractivity contribution in [2.75, 3.05) is 18.0 Å². The van der Waals surface area contributed by atoms with Crippen LogP contribution in [0.3, 0.4) is 0 Å². The first-order valence-corrected chi connectivity index (χ1v) is 5.51. The summed E-state index contributed by atoms with van der Waals surface area (Å²) in [5.41, 5.74) is 6.35. The minimum atomic E-state index is -0.267. The number of hydrogen-bond acceptors (Lipinski definition) is 2. The highest BCUT2D eigenvalue weighted by atomic mass is 35.5. The predicted molar refractivity (Wildman–Crippen MR) is 60.8 cm³/mol. The summed E-state index contributed by atoms with van der Waals surface area (Å²) >= 11 is 5.99. The van der Waals surface area contributed by atoms with Crippen molar-refractivity contribution in [1.29, 1.82) is 0 Å². The number of halogens is 2. The van der Waals surface area contributed by atoms with Crippen LogP contribution >= 0.6 is 11.6 Å². The van der Waals surface area contributed by atoms with Crippen LogP contribution in [-0.2, 0) is 0 Å². The SMILES string of the molecule is NC1CCCN(c2c(F)cccc2Cl)C1. The summed E-state index contributed by atoms with van der Waals surface area (Å²) in [5.74, 6) is -0.267. The fraction of sp³-hybridized carbons (Fsp3) is 0.455. The van der Waals surface area contributed by atoms with E-state index in [0.29, 0.717) is 17.3 Å². The Labute approximate surface area is 93.8 Å². The van der Waals surface area contributed by atoms with Gasteiger partial charge in [-0.15, -0.1) is 0 Å². The molecule has 1 aromatic rings. The number of piperidine rings is 1. The maximum Gasteiger partial charge on any atom is 0.148 e. The van der Waals surface area contributed by atoms with Gasteiger partial charge in [0.05, 0.1) is 10.7 Å². The van der Waals surface area contributed by atoms with Gasteiger partial charge in [-0.2, -0.15) is 0 Å². The molecule has 2 rings (SSSR count). The van der Waals surface area contributed by atoms with E-state index in [0.717, 1.165) is 19.4 Å². The molecular formula is C11H14ClFN2. The Kier molecular flexibility index (Phi) is 3.12. The van der Waals surface area contributed by atoms with Crippen molar-refractivity contribution in [3.63, 3.8) is 0 Å². The van der Waals surface area contributed by atoms with Crippen molar-refractivity contribution in [2.24, 2.45) is 5.73 Å². The van der Waals surface area contributed by atoms with Crippen molar-refractivity contribution in [3.05, 3.63) is 29.0 Å². The summed E-state index contributed by atoms with van der Waals surface area (Å²) < 4.78 is 13.6. The highest BCUT2D eigenvalue weighted by Crippen LogP contribution is 2.30. The van der Waals surface area contributed by atoms with E-state index in [1.54, 1.807) is 12.1 Å². The molecule has 1 aliphatic rings. The number of hydrogen-bond donors (Lipinski definition) is 1. The largest absolute Gasteiger partial charge is 0.366 e. The molecule has 1 fully saturated rings. The number of anilines is 1. The Hall–Kier alpha value is -0.800. The molecule has 4 heteroatoms. The van der Waals surface area contributed by atoms with Crippen LogP contribution in [0.5, 0.6) is 0 Å². The summed E-state index contributed by atoms with van der Waals surface area (Å²) in [6.07, 6.45) is 1.99. The van der Waals surface area contributed by atoms with E-state index in [2.05, 4.69) is 0 Å². The first-order valence-electron chi connectivity index (χ1n) is 5.13. The maximum absolute atomic E-state index is 13.6. The Morgan fingerprint density at radius 1 is 1.47 bits per heavy atom. The Balaban J connectivity index is 2.28. The van der Waals surface area contributed by atoms with E-state index in [1.165, 1.54) is 6.07 Å². The van der Waals surface area contributed by atoms with Gasteiger partial charge in [0, 0.05) is 19.1 Å². The summed E-state index contributed by atoms with van der Waals surface area (Å²) in [4.78, 5) is 1.94. The van der Waals surface area contributed by atoms with Crippen LogP contribution in [0.2, 0.25) is 5.02 Å². The molecule has 15 heavy (non-hydrogen) atoms. The predicted octanol–water partition coefficient (Wildman–Crippen LogP) is 2.41. The molecule has 1 atom stereocenters. The fourth-order valence-corrected chi connectivity index (χ4v) is 2.29. The first-order chi connectivity index (χ1) is 7.18. The van der Waals surface area contributed by atoms with Crippen LogP contribution in [0.1, 0.15) is 12.8 Å². The number of nitrogens with zero attached hydrogens (tertiary/aromatic N) is 1. The zero-order chi connectivity index (χ0) is 10.8. The molecular weight excluding hydrogens is 215 g/mol. The van der Waals surface area contributed by atoms with Crippen molar-refractivity contribution in [1.82, 2.24) is 0 Å². The molecule has 0 bridgehead atoms. The van der Waals surface area contributed by atoms with E-state index >= 15 is 0 Å². The molecule has 1 saturated heterocycles.